The molecule has 0 bridgehead atoms. The van der Waals surface area contributed by atoms with Crippen LogP contribution in [0, 0.1) is 23.7 Å². The Morgan fingerprint density at radius 1 is 0.547 bits per heavy atom. The fourth-order valence-corrected chi connectivity index (χ4v) is 6.01. The van der Waals surface area contributed by atoms with Crippen LogP contribution in [0.15, 0.2) is 97.1 Å². The zero-order valence-corrected chi connectivity index (χ0v) is 30.6. The molecule has 0 saturated carbocycles. The van der Waals surface area contributed by atoms with Crippen molar-refractivity contribution in [3.63, 3.8) is 0 Å². The van der Waals surface area contributed by atoms with Gasteiger partial charge in [-0.2, -0.15) is 0 Å². The number of anilines is 2. The number of carbonyl (C=O) groups is 4. The second-order valence-electron chi connectivity index (χ2n) is 12.5. The summed E-state index contributed by atoms with van der Waals surface area (Å²) in [5.41, 5.74) is 11.9. The third-order valence-electron chi connectivity index (χ3n) is 8.87. The van der Waals surface area contributed by atoms with E-state index in [2.05, 4.69) is 29.4 Å². The molecule has 0 fully saturated rings. The second kappa shape index (κ2) is 20.8. The van der Waals surface area contributed by atoms with Crippen molar-refractivity contribution in [1.29, 1.82) is 0 Å². The van der Waals surface area contributed by atoms with E-state index >= 15 is 0 Å². The van der Waals surface area contributed by atoms with E-state index < -0.39 is 5.97 Å². The minimum absolute atomic E-state index is 0.00339. The lowest BCUT2D eigenvalue weighted by Crippen LogP contribution is -2.31. The number of hydrogen-bond donors (Lipinski definition) is 2. The summed E-state index contributed by atoms with van der Waals surface area (Å²) >= 11 is 0. The zero-order chi connectivity index (χ0) is 38.0. The molecule has 0 atom stereocenters. The highest BCUT2D eigenvalue weighted by molar-refractivity contribution is 5.96. The standard InChI is InChI=1S/C23H23NO2.C21H19NO3.CH5N/c1-2-21(25)12-6-8-14-23(26)24-17-20-11-4-3-9-18(20)15-16-19-10-5-7-13-22(19)24;23-20(11-5-6-12-21(24)25)22-15-18-9-2-1-7-16(18)13-14-17-8-3-4-10-19(17)22;1-2/h3-5,7,9-11,13H,2,6,8,12,14,17H2,1H3;1-4,7-10H,5-6,11-12,15H2,(H,24,25);2H2,1H3. The van der Waals surface area contributed by atoms with Crippen molar-refractivity contribution in [2.75, 3.05) is 16.8 Å². The predicted molar refractivity (Wildman–Crippen MR) is 210 cm³/mol. The molecule has 4 aromatic rings. The lowest BCUT2D eigenvalue weighted by molar-refractivity contribution is -0.137. The van der Waals surface area contributed by atoms with Crippen molar-refractivity contribution in [1.82, 2.24) is 0 Å². The van der Waals surface area contributed by atoms with Gasteiger partial charge in [0.15, 0.2) is 0 Å². The highest BCUT2D eigenvalue weighted by atomic mass is 16.4. The lowest BCUT2D eigenvalue weighted by Gasteiger charge is -2.26. The van der Waals surface area contributed by atoms with Gasteiger partial charge in [0.2, 0.25) is 11.8 Å². The molecule has 0 aromatic heterocycles. The van der Waals surface area contributed by atoms with E-state index in [9.17, 15) is 19.2 Å². The third-order valence-corrected chi connectivity index (χ3v) is 8.87. The van der Waals surface area contributed by atoms with Gasteiger partial charge < -0.3 is 20.6 Å². The number of carboxylic acids is 1. The summed E-state index contributed by atoms with van der Waals surface area (Å²) in [4.78, 5) is 51.4. The summed E-state index contributed by atoms with van der Waals surface area (Å²) in [7, 11) is 1.50. The fraction of sp³-hybridized carbons (Fsp3) is 0.289. The number of para-hydroxylation sites is 2. The molecule has 6 rings (SSSR count). The Hall–Kier alpha value is -5.96. The van der Waals surface area contributed by atoms with Crippen LogP contribution in [0.25, 0.3) is 0 Å². The van der Waals surface area contributed by atoms with Gasteiger partial charge in [-0.25, -0.2) is 0 Å². The molecule has 0 spiro atoms. The molecule has 272 valence electrons. The summed E-state index contributed by atoms with van der Waals surface area (Å²) in [6.07, 6.45) is 4.58. The van der Waals surface area contributed by atoms with Gasteiger partial charge in [-0.05, 0) is 80.3 Å². The summed E-state index contributed by atoms with van der Waals surface area (Å²) in [6.45, 7) is 2.87. The molecule has 4 aromatic carbocycles. The Morgan fingerprint density at radius 3 is 1.34 bits per heavy atom. The third kappa shape index (κ3) is 11.5. The lowest BCUT2D eigenvalue weighted by atomic mass is 10.0. The van der Waals surface area contributed by atoms with Gasteiger partial charge in [0.1, 0.15) is 5.78 Å². The molecule has 0 radical (unpaired) electrons. The summed E-state index contributed by atoms with van der Waals surface area (Å²) in [5, 5.41) is 8.72. The quantitative estimate of drug-likeness (QED) is 0.122. The van der Waals surface area contributed by atoms with Crippen molar-refractivity contribution in [3.05, 3.63) is 130 Å². The van der Waals surface area contributed by atoms with Gasteiger partial charge in [-0.1, -0.05) is 91.3 Å². The van der Waals surface area contributed by atoms with Crippen LogP contribution < -0.4 is 15.5 Å². The maximum Gasteiger partial charge on any atom is 0.303 e. The summed E-state index contributed by atoms with van der Waals surface area (Å²) in [6, 6.07) is 31.2. The van der Waals surface area contributed by atoms with Crippen LogP contribution in [0.4, 0.5) is 11.4 Å². The van der Waals surface area contributed by atoms with E-state index in [1.54, 1.807) is 4.90 Å². The molecule has 0 aliphatic carbocycles. The Bertz CT molecular complexity index is 2030. The van der Waals surface area contributed by atoms with Crippen LogP contribution in [0.3, 0.4) is 0 Å². The topological polar surface area (TPSA) is 121 Å². The van der Waals surface area contributed by atoms with Gasteiger partial charge in [0, 0.05) is 54.4 Å². The summed E-state index contributed by atoms with van der Waals surface area (Å²) in [5.74, 6) is 12.3. The van der Waals surface area contributed by atoms with Gasteiger partial charge in [-0.3, -0.25) is 19.2 Å². The smallest absolute Gasteiger partial charge is 0.303 e. The highest BCUT2D eigenvalue weighted by Crippen LogP contribution is 2.28. The van der Waals surface area contributed by atoms with Crippen LogP contribution in [0.2, 0.25) is 0 Å². The number of carboxylic acid groups (broad SMARTS) is 1. The number of Topliss-reactive ketones (excluding diaryl/α,β-unsaturated/α-hetero) is 1. The van der Waals surface area contributed by atoms with Crippen LogP contribution in [-0.4, -0.2) is 35.7 Å². The number of ketones is 1. The van der Waals surface area contributed by atoms with Crippen LogP contribution in [-0.2, 0) is 32.3 Å². The average Bonchev–Trinajstić information content (AvgIpc) is 3.17. The van der Waals surface area contributed by atoms with E-state index in [0.29, 0.717) is 51.6 Å². The maximum absolute atomic E-state index is 12.9. The molecule has 8 heteroatoms. The Labute approximate surface area is 313 Å². The number of aliphatic carboxylic acids is 1. The van der Waals surface area contributed by atoms with Crippen LogP contribution in [0.5, 0.6) is 0 Å². The molecule has 2 heterocycles. The van der Waals surface area contributed by atoms with E-state index in [1.807, 2.05) is 109 Å². The number of hydrogen-bond acceptors (Lipinski definition) is 5. The molecule has 0 saturated heterocycles. The van der Waals surface area contributed by atoms with Crippen molar-refractivity contribution < 1.29 is 24.3 Å². The van der Waals surface area contributed by atoms with Gasteiger partial charge in [0.25, 0.3) is 0 Å². The number of nitrogens with zero attached hydrogens (tertiary/aromatic N) is 2. The summed E-state index contributed by atoms with van der Waals surface area (Å²) < 4.78 is 0. The Kier molecular flexibility index (Phi) is 15.6. The average molecular weight is 710 g/mol. The number of amides is 2. The molecule has 8 nitrogen and oxygen atoms in total. The minimum atomic E-state index is -0.826. The SMILES string of the molecule is CCC(=O)CCCCC(=O)N1Cc2ccccc2C#Cc2ccccc21.CN.O=C(O)CCCCC(=O)N1Cc2ccccc2C#Cc2ccccc21. The normalized spacial score (nSPS) is 11.8. The number of nitrogens with two attached hydrogens (primary N) is 1. The molecular weight excluding hydrogens is 663 g/mol. The maximum atomic E-state index is 12.9. The molecule has 3 N–H and O–H groups in total. The number of fused-ring (bicyclic) bond motifs is 4. The van der Waals surface area contributed by atoms with Crippen molar-refractivity contribution >= 4 is 34.9 Å². The first-order valence-corrected chi connectivity index (χ1v) is 18.1. The van der Waals surface area contributed by atoms with Gasteiger partial charge in [0.05, 0.1) is 24.5 Å². The Balaban J connectivity index is 0.000000226. The largest absolute Gasteiger partial charge is 0.481 e. The van der Waals surface area contributed by atoms with E-state index in [1.165, 1.54) is 7.05 Å². The highest BCUT2D eigenvalue weighted by Gasteiger charge is 2.22. The predicted octanol–water partition coefficient (Wildman–Crippen LogP) is 7.63. The fourth-order valence-electron chi connectivity index (χ4n) is 6.01. The molecular formula is C45H47N3O5. The van der Waals surface area contributed by atoms with Crippen LogP contribution in [0.1, 0.15) is 98.1 Å². The molecule has 2 amide bonds. The monoisotopic (exact) mass is 709 g/mol. The van der Waals surface area contributed by atoms with Gasteiger partial charge >= 0.3 is 5.97 Å². The van der Waals surface area contributed by atoms with Crippen molar-refractivity contribution in [2.45, 2.75) is 77.8 Å². The first-order valence-electron chi connectivity index (χ1n) is 18.1. The van der Waals surface area contributed by atoms with E-state index in [4.69, 9.17) is 5.11 Å². The zero-order valence-electron chi connectivity index (χ0n) is 30.6. The molecule has 2 aliphatic heterocycles. The first-order chi connectivity index (χ1) is 25.8. The number of rotatable bonds is 11. The van der Waals surface area contributed by atoms with E-state index in [-0.39, 0.29) is 24.0 Å². The minimum Gasteiger partial charge on any atom is -0.481 e. The molecule has 2 aliphatic rings. The Morgan fingerprint density at radius 2 is 0.906 bits per heavy atom. The van der Waals surface area contributed by atoms with Crippen molar-refractivity contribution in [2.24, 2.45) is 5.73 Å². The van der Waals surface area contributed by atoms with Crippen LogP contribution >= 0.6 is 0 Å². The molecule has 0 unspecified atom stereocenters. The second-order valence-corrected chi connectivity index (χ2v) is 12.5. The first kappa shape index (κ1) is 39.8. The number of benzene rings is 4. The van der Waals surface area contributed by atoms with E-state index in [0.717, 1.165) is 57.6 Å². The van der Waals surface area contributed by atoms with Crippen molar-refractivity contribution in [3.8, 4) is 23.7 Å². The molecule has 53 heavy (non-hydrogen) atoms. The van der Waals surface area contributed by atoms with Gasteiger partial charge in [-0.15, -0.1) is 0 Å². The number of carbonyl (C=O) groups excluding carboxylic acids is 3. The number of unbranched alkanes of at least 4 members (excludes halogenated alkanes) is 2.